The molecule has 37 heavy (non-hydrogen) atoms. The van der Waals surface area contributed by atoms with Crippen LogP contribution in [0, 0.1) is 12.8 Å². The second-order valence-electron chi connectivity index (χ2n) is 10.2. The number of hydrogen-bond acceptors (Lipinski definition) is 4. The van der Waals surface area contributed by atoms with Crippen LogP contribution in [0.1, 0.15) is 68.2 Å². The van der Waals surface area contributed by atoms with E-state index in [1.54, 1.807) is 0 Å². The van der Waals surface area contributed by atoms with Crippen LogP contribution in [0.2, 0.25) is 0 Å². The van der Waals surface area contributed by atoms with Gasteiger partial charge in [0.15, 0.2) is 0 Å². The molecule has 1 aliphatic rings. The van der Waals surface area contributed by atoms with Gasteiger partial charge in [0.1, 0.15) is 11.5 Å². The minimum atomic E-state index is -0.457. The number of carbonyl (C=O) groups excluding carboxylic acids is 2. The summed E-state index contributed by atoms with van der Waals surface area (Å²) in [6.07, 6.45) is 6.08. The van der Waals surface area contributed by atoms with Crippen LogP contribution in [-0.2, 0) is 27.4 Å². The lowest BCUT2D eigenvalue weighted by molar-refractivity contribution is -0.140. The number of carbonyl (C=O) groups is 2. The highest BCUT2D eigenvalue weighted by atomic mass is 16.7. The monoisotopic (exact) mass is 494 g/mol. The fourth-order valence-electron chi connectivity index (χ4n) is 5.79. The second-order valence-corrected chi connectivity index (χ2v) is 10.2. The van der Waals surface area contributed by atoms with E-state index < -0.39 is 5.97 Å². The molecule has 0 saturated heterocycles. The van der Waals surface area contributed by atoms with E-state index in [1.807, 2.05) is 37.3 Å². The highest BCUT2D eigenvalue weighted by Crippen LogP contribution is 2.33. The normalized spacial score (nSPS) is 14.5. The predicted octanol–water partition coefficient (Wildman–Crippen LogP) is 7.13. The first-order valence-electron chi connectivity index (χ1n) is 13.3. The molecule has 0 aliphatic heterocycles. The van der Waals surface area contributed by atoms with Gasteiger partial charge in [0.05, 0.1) is 0 Å². The molecule has 190 valence electrons. The van der Waals surface area contributed by atoms with Gasteiger partial charge in [-0.1, -0.05) is 67.2 Å². The highest BCUT2D eigenvalue weighted by Gasteiger charge is 2.20. The van der Waals surface area contributed by atoms with Gasteiger partial charge in [-0.2, -0.15) is 0 Å². The molecule has 0 atom stereocenters. The summed E-state index contributed by atoms with van der Waals surface area (Å²) >= 11 is 0. The van der Waals surface area contributed by atoms with E-state index in [2.05, 4.69) is 47.0 Å². The van der Waals surface area contributed by atoms with Gasteiger partial charge in [-0.15, -0.1) is 0 Å². The summed E-state index contributed by atoms with van der Waals surface area (Å²) in [7, 11) is 0. The molecule has 5 nitrogen and oxygen atoms in total. The van der Waals surface area contributed by atoms with Crippen LogP contribution >= 0.6 is 0 Å². The number of Topliss-reactive ketones (excluding diaryl/α,β-unsaturated/α-hetero) is 1. The lowest BCUT2D eigenvalue weighted by atomic mass is 9.95. The standard InChI is InChI=1S/C32H34N2O3/c1-4-34-30-15-13-24(18-26(36)17-23-10-6-7-11-23)19-28(30)29-20-25(14-16-31(29)34)32(33-37-22(3)35)27-12-8-5-9-21(27)2/h5,8-9,12-16,19-20,23H,4,6-7,10-11,17-18H2,1-3H3. The fraction of sp³-hybridized carbons (Fsp3) is 0.344. The van der Waals surface area contributed by atoms with Crippen molar-refractivity contribution in [2.75, 3.05) is 0 Å². The Morgan fingerprint density at radius 1 is 0.973 bits per heavy atom. The Labute approximate surface area is 218 Å². The van der Waals surface area contributed by atoms with Gasteiger partial charge in [0.2, 0.25) is 0 Å². The molecule has 1 heterocycles. The molecule has 0 spiro atoms. The molecule has 5 heteroatoms. The van der Waals surface area contributed by atoms with Crippen LogP contribution in [0.4, 0.5) is 0 Å². The molecule has 0 unspecified atom stereocenters. The lowest BCUT2D eigenvalue weighted by Crippen LogP contribution is -2.08. The minimum absolute atomic E-state index is 0.335. The van der Waals surface area contributed by atoms with Gasteiger partial charge in [0, 0.05) is 59.2 Å². The maximum Gasteiger partial charge on any atom is 0.332 e. The summed E-state index contributed by atoms with van der Waals surface area (Å²) in [5.41, 5.74) is 6.80. The molecular formula is C32H34N2O3. The van der Waals surface area contributed by atoms with Crippen molar-refractivity contribution in [1.82, 2.24) is 4.57 Å². The first kappa shape index (κ1) is 24.9. The summed E-state index contributed by atoms with van der Waals surface area (Å²) in [4.78, 5) is 29.5. The Morgan fingerprint density at radius 2 is 1.68 bits per heavy atom. The third kappa shape index (κ3) is 5.22. The summed E-state index contributed by atoms with van der Waals surface area (Å²) < 4.78 is 2.30. The van der Waals surface area contributed by atoms with Crippen molar-refractivity contribution in [2.45, 2.75) is 65.8 Å². The van der Waals surface area contributed by atoms with Crippen molar-refractivity contribution in [2.24, 2.45) is 11.1 Å². The van der Waals surface area contributed by atoms with Gasteiger partial charge in [-0.25, -0.2) is 4.79 Å². The Morgan fingerprint density at radius 3 is 2.38 bits per heavy atom. The molecule has 3 aromatic carbocycles. The molecule has 1 aliphatic carbocycles. The van der Waals surface area contributed by atoms with Crippen molar-refractivity contribution < 1.29 is 14.4 Å². The highest BCUT2D eigenvalue weighted by molar-refractivity contribution is 6.17. The van der Waals surface area contributed by atoms with Gasteiger partial charge in [-0.05, 0) is 55.2 Å². The Balaban J connectivity index is 1.58. The molecule has 1 aromatic heterocycles. The maximum absolute atomic E-state index is 12.8. The van der Waals surface area contributed by atoms with Crippen LogP contribution in [0.5, 0.6) is 0 Å². The predicted molar refractivity (Wildman–Crippen MR) is 149 cm³/mol. The van der Waals surface area contributed by atoms with Crippen molar-refractivity contribution in [3.05, 3.63) is 82.9 Å². The number of aromatic nitrogens is 1. The zero-order valence-electron chi connectivity index (χ0n) is 21.9. The van der Waals surface area contributed by atoms with Crippen LogP contribution in [0.15, 0.2) is 65.8 Å². The first-order chi connectivity index (χ1) is 17.9. The molecule has 0 radical (unpaired) electrons. The van der Waals surface area contributed by atoms with E-state index in [0.717, 1.165) is 50.6 Å². The Hall–Kier alpha value is -3.73. The van der Waals surface area contributed by atoms with Crippen molar-refractivity contribution >= 4 is 39.3 Å². The molecule has 0 N–H and O–H groups in total. The number of benzene rings is 3. The van der Waals surface area contributed by atoms with Crippen LogP contribution in [0.3, 0.4) is 0 Å². The van der Waals surface area contributed by atoms with E-state index in [0.29, 0.717) is 30.3 Å². The van der Waals surface area contributed by atoms with Crippen molar-refractivity contribution in [3.63, 3.8) is 0 Å². The van der Waals surface area contributed by atoms with Crippen molar-refractivity contribution in [3.8, 4) is 0 Å². The topological polar surface area (TPSA) is 60.7 Å². The summed E-state index contributed by atoms with van der Waals surface area (Å²) in [6, 6.07) is 20.7. The number of fused-ring (bicyclic) bond motifs is 3. The van der Waals surface area contributed by atoms with Crippen LogP contribution in [0.25, 0.3) is 21.8 Å². The number of aryl methyl sites for hydroxylation is 2. The minimum Gasteiger partial charge on any atom is -0.341 e. The zero-order chi connectivity index (χ0) is 25.9. The van der Waals surface area contributed by atoms with Gasteiger partial charge in [-0.3, -0.25) is 4.79 Å². The summed E-state index contributed by atoms with van der Waals surface area (Å²) in [5.74, 6) is 0.445. The molecule has 5 rings (SSSR count). The first-order valence-corrected chi connectivity index (χ1v) is 13.3. The lowest BCUT2D eigenvalue weighted by Gasteiger charge is -2.10. The molecule has 1 saturated carbocycles. The number of nitrogens with zero attached hydrogens (tertiary/aromatic N) is 2. The smallest absolute Gasteiger partial charge is 0.332 e. The zero-order valence-corrected chi connectivity index (χ0v) is 21.9. The average molecular weight is 495 g/mol. The van der Waals surface area contributed by atoms with E-state index in [4.69, 9.17) is 4.84 Å². The SMILES string of the molecule is CCn1c2ccc(CC(=O)CC3CCCC3)cc2c2cc(C(=NOC(C)=O)c3ccccc3C)ccc21. The van der Waals surface area contributed by atoms with Crippen LogP contribution < -0.4 is 0 Å². The average Bonchev–Trinajstić information content (AvgIpc) is 3.50. The molecule has 4 aromatic rings. The third-order valence-corrected chi connectivity index (χ3v) is 7.58. The molecule has 1 fully saturated rings. The largest absolute Gasteiger partial charge is 0.341 e. The third-order valence-electron chi connectivity index (χ3n) is 7.58. The van der Waals surface area contributed by atoms with E-state index >= 15 is 0 Å². The van der Waals surface area contributed by atoms with Gasteiger partial charge in [0.25, 0.3) is 0 Å². The quantitative estimate of drug-likeness (QED) is 0.149. The van der Waals surface area contributed by atoms with Crippen LogP contribution in [-0.4, -0.2) is 22.0 Å². The number of hydrogen-bond donors (Lipinski definition) is 0. The fourth-order valence-corrected chi connectivity index (χ4v) is 5.79. The van der Waals surface area contributed by atoms with Gasteiger partial charge < -0.3 is 9.40 Å². The molecular weight excluding hydrogens is 460 g/mol. The number of rotatable bonds is 8. The second kappa shape index (κ2) is 10.7. The number of oxime groups is 1. The van der Waals surface area contributed by atoms with E-state index in [1.165, 1.54) is 32.6 Å². The van der Waals surface area contributed by atoms with Gasteiger partial charge >= 0.3 is 5.97 Å². The molecule has 0 bridgehead atoms. The molecule has 0 amide bonds. The van der Waals surface area contributed by atoms with E-state index in [9.17, 15) is 9.59 Å². The summed E-state index contributed by atoms with van der Waals surface area (Å²) in [5, 5.41) is 6.49. The maximum atomic E-state index is 12.8. The Bertz CT molecular complexity index is 1510. The summed E-state index contributed by atoms with van der Waals surface area (Å²) in [6.45, 7) is 6.36. The number of ketones is 1. The van der Waals surface area contributed by atoms with Crippen molar-refractivity contribution in [1.29, 1.82) is 0 Å². The Kier molecular flexibility index (Phi) is 7.22. The van der Waals surface area contributed by atoms with E-state index in [-0.39, 0.29) is 0 Å².